The van der Waals surface area contributed by atoms with Crippen molar-refractivity contribution in [2.45, 2.75) is 40.5 Å². The molecule has 0 aromatic rings. The molecule has 0 unspecified atom stereocenters. The molecule has 1 saturated carbocycles. The van der Waals surface area contributed by atoms with Crippen molar-refractivity contribution in [2.24, 2.45) is 22.7 Å². The Bertz CT molecular complexity index is 248. The van der Waals surface area contributed by atoms with Gasteiger partial charge in [-0.25, -0.2) is 0 Å². The Balaban J connectivity index is 1.65. The summed E-state index contributed by atoms with van der Waals surface area (Å²) in [6.07, 6.45) is 2.75. The van der Waals surface area contributed by atoms with Crippen LogP contribution in [0, 0.1) is 22.7 Å². The second-order valence-corrected chi connectivity index (χ2v) is 7.40. The van der Waals surface area contributed by atoms with E-state index in [2.05, 4.69) is 45.0 Å². The number of likely N-dealkylation sites (tertiary alicyclic amines) is 1. The molecule has 0 radical (unpaired) electrons. The van der Waals surface area contributed by atoms with Crippen LogP contribution in [-0.2, 0) is 0 Å². The average molecular weight is 238 g/mol. The highest BCUT2D eigenvalue weighted by molar-refractivity contribution is 5.12. The Labute approximate surface area is 107 Å². The molecule has 2 aliphatic rings. The molecular formula is C15H30N2. The van der Waals surface area contributed by atoms with E-state index in [1.807, 2.05) is 0 Å². The van der Waals surface area contributed by atoms with Crippen LogP contribution < -0.4 is 5.32 Å². The fraction of sp³-hybridized carbons (Fsp3) is 1.00. The van der Waals surface area contributed by atoms with E-state index in [9.17, 15) is 0 Å². The first-order chi connectivity index (χ1) is 7.85. The highest BCUT2D eigenvalue weighted by Crippen LogP contribution is 2.67. The first-order valence-electron chi connectivity index (χ1n) is 7.25. The molecule has 0 amide bonds. The van der Waals surface area contributed by atoms with Crippen molar-refractivity contribution in [3.8, 4) is 0 Å². The van der Waals surface area contributed by atoms with Gasteiger partial charge in [0.2, 0.25) is 0 Å². The van der Waals surface area contributed by atoms with Crippen LogP contribution in [0.1, 0.15) is 40.5 Å². The van der Waals surface area contributed by atoms with E-state index in [1.54, 1.807) is 0 Å². The van der Waals surface area contributed by atoms with E-state index >= 15 is 0 Å². The van der Waals surface area contributed by atoms with Gasteiger partial charge in [-0.05, 0) is 68.7 Å². The number of rotatable bonds is 4. The van der Waals surface area contributed by atoms with Crippen molar-refractivity contribution in [1.82, 2.24) is 10.2 Å². The van der Waals surface area contributed by atoms with Crippen LogP contribution in [0.2, 0.25) is 0 Å². The lowest BCUT2D eigenvalue weighted by Crippen LogP contribution is -2.35. The minimum Gasteiger partial charge on any atom is -0.316 e. The minimum atomic E-state index is 0.535. The molecule has 1 saturated heterocycles. The molecular weight excluding hydrogens is 208 g/mol. The summed E-state index contributed by atoms with van der Waals surface area (Å²) < 4.78 is 0. The summed E-state index contributed by atoms with van der Waals surface area (Å²) in [7, 11) is 2.24. The number of hydrogen-bond acceptors (Lipinski definition) is 2. The van der Waals surface area contributed by atoms with Gasteiger partial charge in [0.25, 0.3) is 0 Å². The van der Waals surface area contributed by atoms with Gasteiger partial charge in [0, 0.05) is 0 Å². The molecule has 1 N–H and O–H groups in total. The SMILES string of the molecule is CN1CCC(CNCC2C(C)(C)C2(C)C)CC1. The molecule has 1 heterocycles. The summed E-state index contributed by atoms with van der Waals surface area (Å²) in [4.78, 5) is 2.45. The predicted octanol–water partition coefficient (Wildman–Crippen LogP) is 2.60. The van der Waals surface area contributed by atoms with Gasteiger partial charge in [0.1, 0.15) is 0 Å². The lowest BCUT2D eigenvalue weighted by Gasteiger charge is -2.29. The van der Waals surface area contributed by atoms with Crippen molar-refractivity contribution in [3.05, 3.63) is 0 Å². The summed E-state index contributed by atoms with van der Waals surface area (Å²) in [5.74, 6) is 1.78. The van der Waals surface area contributed by atoms with Gasteiger partial charge in [-0.1, -0.05) is 27.7 Å². The van der Waals surface area contributed by atoms with Gasteiger partial charge in [-0.15, -0.1) is 0 Å². The Hall–Kier alpha value is -0.0800. The van der Waals surface area contributed by atoms with E-state index < -0.39 is 0 Å². The number of hydrogen-bond donors (Lipinski definition) is 1. The van der Waals surface area contributed by atoms with E-state index in [1.165, 1.54) is 39.0 Å². The number of nitrogens with one attached hydrogen (secondary N) is 1. The van der Waals surface area contributed by atoms with Crippen LogP contribution in [-0.4, -0.2) is 38.1 Å². The zero-order chi connectivity index (χ0) is 12.7. The maximum atomic E-state index is 3.72. The highest BCUT2D eigenvalue weighted by atomic mass is 15.1. The fourth-order valence-corrected chi connectivity index (χ4v) is 3.54. The van der Waals surface area contributed by atoms with Crippen LogP contribution in [0.15, 0.2) is 0 Å². The zero-order valence-corrected chi connectivity index (χ0v) is 12.3. The second-order valence-electron chi connectivity index (χ2n) is 7.40. The summed E-state index contributed by atoms with van der Waals surface area (Å²) in [6, 6.07) is 0. The third-order valence-electron chi connectivity index (χ3n) is 5.94. The van der Waals surface area contributed by atoms with Gasteiger partial charge in [-0.2, -0.15) is 0 Å². The molecule has 0 atom stereocenters. The van der Waals surface area contributed by atoms with Crippen LogP contribution >= 0.6 is 0 Å². The molecule has 2 nitrogen and oxygen atoms in total. The minimum absolute atomic E-state index is 0.535. The van der Waals surface area contributed by atoms with Crippen LogP contribution in [0.5, 0.6) is 0 Å². The molecule has 17 heavy (non-hydrogen) atoms. The van der Waals surface area contributed by atoms with E-state index in [-0.39, 0.29) is 0 Å². The molecule has 0 spiro atoms. The third kappa shape index (κ3) is 2.53. The monoisotopic (exact) mass is 238 g/mol. The largest absolute Gasteiger partial charge is 0.316 e. The molecule has 100 valence electrons. The molecule has 2 rings (SSSR count). The van der Waals surface area contributed by atoms with Crippen molar-refractivity contribution in [3.63, 3.8) is 0 Å². The smallest absolute Gasteiger partial charge is 0.000977 e. The first-order valence-corrected chi connectivity index (χ1v) is 7.25. The molecule has 2 fully saturated rings. The third-order valence-corrected chi connectivity index (χ3v) is 5.94. The topological polar surface area (TPSA) is 15.3 Å². The molecule has 1 aliphatic heterocycles. The molecule has 0 aromatic heterocycles. The van der Waals surface area contributed by atoms with Crippen LogP contribution in [0.4, 0.5) is 0 Å². The summed E-state index contributed by atoms with van der Waals surface area (Å²) in [5.41, 5.74) is 1.07. The van der Waals surface area contributed by atoms with E-state index in [0.29, 0.717) is 10.8 Å². The molecule has 2 heteroatoms. The Kier molecular flexibility index (Phi) is 3.57. The van der Waals surface area contributed by atoms with Crippen molar-refractivity contribution in [1.29, 1.82) is 0 Å². The average Bonchev–Trinajstić information content (AvgIpc) is 2.63. The van der Waals surface area contributed by atoms with Gasteiger partial charge < -0.3 is 10.2 Å². The Morgan fingerprint density at radius 2 is 1.53 bits per heavy atom. The van der Waals surface area contributed by atoms with Crippen LogP contribution in [0.3, 0.4) is 0 Å². The standard InChI is InChI=1S/C15H30N2/c1-14(2)13(15(14,3)4)11-16-10-12-6-8-17(5)9-7-12/h12-13,16H,6-11H2,1-5H3. The molecule has 1 aliphatic carbocycles. The summed E-state index contributed by atoms with van der Waals surface area (Å²) >= 11 is 0. The van der Waals surface area contributed by atoms with Crippen molar-refractivity contribution < 1.29 is 0 Å². The Morgan fingerprint density at radius 1 is 1.00 bits per heavy atom. The quantitative estimate of drug-likeness (QED) is 0.810. The number of nitrogens with zero attached hydrogens (tertiary/aromatic N) is 1. The maximum Gasteiger partial charge on any atom is -0.000977 e. The van der Waals surface area contributed by atoms with E-state index in [0.717, 1.165) is 11.8 Å². The second kappa shape index (κ2) is 4.55. The van der Waals surface area contributed by atoms with Gasteiger partial charge >= 0.3 is 0 Å². The summed E-state index contributed by atoms with van der Waals surface area (Å²) in [6.45, 7) is 14.7. The zero-order valence-electron chi connectivity index (χ0n) is 12.3. The van der Waals surface area contributed by atoms with Gasteiger partial charge in [0.15, 0.2) is 0 Å². The van der Waals surface area contributed by atoms with Gasteiger partial charge in [-0.3, -0.25) is 0 Å². The lowest BCUT2D eigenvalue weighted by atomic mass is 9.97. The van der Waals surface area contributed by atoms with Crippen molar-refractivity contribution in [2.75, 3.05) is 33.2 Å². The van der Waals surface area contributed by atoms with Crippen molar-refractivity contribution >= 4 is 0 Å². The predicted molar refractivity (Wildman–Crippen MR) is 74.1 cm³/mol. The normalized spacial score (nSPS) is 29.5. The maximum absolute atomic E-state index is 3.72. The molecule has 0 aromatic carbocycles. The number of piperidine rings is 1. The van der Waals surface area contributed by atoms with Crippen LogP contribution in [0.25, 0.3) is 0 Å². The first kappa shape index (κ1) is 13.4. The lowest BCUT2D eigenvalue weighted by molar-refractivity contribution is 0.215. The fourth-order valence-electron chi connectivity index (χ4n) is 3.54. The highest BCUT2D eigenvalue weighted by Gasteiger charge is 2.63. The Morgan fingerprint density at radius 3 is 2.00 bits per heavy atom. The van der Waals surface area contributed by atoms with E-state index in [4.69, 9.17) is 0 Å². The summed E-state index contributed by atoms with van der Waals surface area (Å²) in [5, 5.41) is 3.72. The molecule has 0 bridgehead atoms. The van der Waals surface area contributed by atoms with Gasteiger partial charge in [0.05, 0.1) is 0 Å².